The number of urea groups is 1. The zero-order chi connectivity index (χ0) is 18.7. The van der Waals surface area contributed by atoms with Crippen molar-refractivity contribution in [1.82, 2.24) is 10.2 Å². The largest absolute Gasteiger partial charge is 0.395 e. The lowest BCUT2D eigenvalue weighted by Gasteiger charge is -2.39. The van der Waals surface area contributed by atoms with Crippen LogP contribution in [0.2, 0.25) is 0 Å². The molecule has 0 radical (unpaired) electrons. The van der Waals surface area contributed by atoms with Crippen molar-refractivity contribution in [3.8, 4) is 0 Å². The molecule has 1 aromatic rings. The van der Waals surface area contributed by atoms with Gasteiger partial charge in [-0.05, 0) is 24.5 Å². The van der Waals surface area contributed by atoms with Crippen LogP contribution < -0.4 is 15.5 Å². The van der Waals surface area contributed by atoms with Gasteiger partial charge in [0, 0.05) is 25.7 Å². The highest BCUT2D eigenvalue weighted by Crippen LogP contribution is 2.35. The summed E-state index contributed by atoms with van der Waals surface area (Å²) in [5.74, 6) is -0.0925. The second-order valence-electron chi connectivity index (χ2n) is 7.17. The van der Waals surface area contributed by atoms with E-state index < -0.39 is 6.04 Å². The summed E-state index contributed by atoms with van der Waals surface area (Å²) in [6.45, 7) is 6.35. The normalized spacial score (nSPS) is 24.1. The molecule has 7 nitrogen and oxygen atoms in total. The summed E-state index contributed by atoms with van der Waals surface area (Å²) >= 11 is 0. The standard InChI is InChI=1S/C19H28N4O3/c1-3-13(2)17-18(25)21-15-6-4-5-7-16(15)23(17)19(26)20-14-8-9-22(12-14)10-11-24/h4-7,13-14,17,24H,3,8-12H2,1-2H3,(H,20,26)(H,21,25)/t13-,14-,17-/m0/s1. The molecule has 2 aliphatic heterocycles. The number of aliphatic hydroxyl groups is 1. The monoisotopic (exact) mass is 360 g/mol. The van der Waals surface area contributed by atoms with Gasteiger partial charge >= 0.3 is 6.03 Å². The van der Waals surface area contributed by atoms with Crippen molar-refractivity contribution in [3.63, 3.8) is 0 Å². The van der Waals surface area contributed by atoms with Gasteiger partial charge in [-0.3, -0.25) is 14.6 Å². The lowest BCUT2D eigenvalue weighted by atomic mass is 9.94. The molecule has 0 aromatic heterocycles. The van der Waals surface area contributed by atoms with Crippen LogP contribution in [-0.4, -0.2) is 60.3 Å². The van der Waals surface area contributed by atoms with Crippen LogP contribution in [0.4, 0.5) is 16.2 Å². The number of para-hydroxylation sites is 2. The highest BCUT2D eigenvalue weighted by Gasteiger charge is 2.40. The number of benzene rings is 1. The number of likely N-dealkylation sites (tertiary alicyclic amines) is 1. The fourth-order valence-corrected chi connectivity index (χ4v) is 3.77. The predicted molar refractivity (Wildman–Crippen MR) is 101 cm³/mol. The molecule has 1 saturated heterocycles. The summed E-state index contributed by atoms with van der Waals surface area (Å²) in [5.41, 5.74) is 1.40. The van der Waals surface area contributed by atoms with Crippen molar-refractivity contribution in [2.24, 2.45) is 5.92 Å². The van der Waals surface area contributed by atoms with E-state index in [4.69, 9.17) is 5.11 Å². The van der Waals surface area contributed by atoms with E-state index in [0.29, 0.717) is 12.2 Å². The molecule has 3 N–H and O–H groups in total. The molecule has 3 atom stereocenters. The lowest BCUT2D eigenvalue weighted by molar-refractivity contribution is -0.118. The maximum absolute atomic E-state index is 13.1. The van der Waals surface area contributed by atoms with Crippen molar-refractivity contribution in [2.75, 3.05) is 36.5 Å². The number of nitrogens with zero attached hydrogens (tertiary/aromatic N) is 2. The molecule has 0 saturated carbocycles. The zero-order valence-electron chi connectivity index (χ0n) is 15.4. The minimum absolute atomic E-state index is 0.0313. The van der Waals surface area contributed by atoms with Crippen molar-refractivity contribution in [3.05, 3.63) is 24.3 Å². The third-order valence-electron chi connectivity index (χ3n) is 5.39. The molecule has 0 aliphatic carbocycles. The summed E-state index contributed by atoms with van der Waals surface area (Å²) < 4.78 is 0. The smallest absolute Gasteiger partial charge is 0.322 e. The first-order valence-electron chi connectivity index (χ1n) is 9.38. The molecule has 1 fully saturated rings. The van der Waals surface area contributed by atoms with Crippen LogP contribution in [0.25, 0.3) is 0 Å². The first kappa shape index (κ1) is 18.7. The average molecular weight is 360 g/mol. The highest BCUT2D eigenvalue weighted by molar-refractivity contribution is 6.11. The molecule has 2 aliphatic rings. The van der Waals surface area contributed by atoms with Crippen LogP contribution in [0.1, 0.15) is 26.7 Å². The highest BCUT2D eigenvalue weighted by atomic mass is 16.3. The van der Waals surface area contributed by atoms with Gasteiger partial charge in [0.2, 0.25) is 5.91 Å². The van der Waals surface area contributed by atoms with Crippen LogP contribution >= 0.6 is 0 Å². The van der Waals surface area contributed by atoms with Crippen molar-refractivity contribution in [2.45, 2.75) is 38.8 Å². The topological polar surface area (TPSA) is 84.9 Å². The van der Waals surface area contributed by atoms with Gasteiger partial charge in [-0.1, -0.05) is 32.4 Å². The minimum atomic E-state index is -0.523. The van der Waals surface area contributed by atoms with Crippen LogP contribution in [0.3, 0.4) is 0 Å². The molecular formula is C19H28N4O3. The molecule has 3 rings (SSSR count). The Morgan fingerprint density at radius 3 is 2.92 bits per heavy atom. The summed E-state index contributed by atoms with van der Waals surface area (Å²) in [6, 6.07) is 6.70. The SMILES string of the molecule is CC[C@H](C)[C@H]1C(=O)Nc2ccccc2N1C(=O)N[C@H]1CCN(CCO)C1. The first-order chi connectivity index (χ1) is 12.5. The second kappa shape index (κ2) is 8.05. The molecule has 0 spiro atoms. The number of rotatable bonds is 5. The van der Waals surface area contributed by atoms with Gasteiger partial charge in [0.05, 0.1) is 18.0 Å². The Balaban J connectivity index is 1.82. The molecule has 26 heavy (non-hydrogen) atoms. The summed E-state index contributed by atoms with van der Waals surface area (Å²) in [6.07, 6.45) is 1.65. The fourth-order valence-electron chi connectivity index (χ4n) is 3.77. The van der Waals surface area contributed by atoms with Gasteiger partial charge in [-0.25, -0.2) is 4.79 Å². The zero-order valence-corrected chi connectivity index (χ0v) is 15.4. The number of anilines is 2. The number of carbonyl (C=O) groups excluding carboxylic acids is 2. The molecule has 0 bridgehead atoms. The van der Waals surface area contributed by atoms with E-state index >= 15 is 0 Å². The second-order valence-corrected chi connectivity index (χ2v) is 7.17. The number of nitrogens with one attached hydrogen (secondary N) is 2. The Morgan fingerprint density at radius 1 is 1.42 bits per heavy atom. The van der Waals surface area contributed by atoms with Crippen LogP contribution in [0.15, 0.2) is 24.3 Å². The summed E-state index contributed by atoms with van der Waals surface area (Å²) in [5, 5.41) is 15.1. The Hall–Kier alpha value is -2.12. The Bertz CT molecular complexity index is 666. The molecule has 142 valence electrons. The van der Waals surface area contributed by atoms with Crippen molar-refractivity contribution >= 4 is 23.3 Å². The number of β-amino-alcohol motifs (C(OH)–C–C–N with tert-alkyl or cyclic N) is 1. The van der Waals surface area contributed by atoms with E-state index in [1.165, 1.54) is 0 Å². The summed E-state index contributed by atoms with van der Waals surface area (Å²) in [7, 11) is 0. The van der Waals surface area contributed by atoms with Crippen LogP contribution in [0, 0.1) is 5.92 Å². The number of hydrogen-bond acceptors (Lipinski definition) is 4. The molecule has 2 heterocycles. The maximum atomic E-state index is 13.1. The van der Waals surface area contributed by atoms with E-state index in [0.717, 1.165) is 31.6 Å². The van der Waals surface area contributed by atoms with Crippen molar-refractivity contribution in [1.29, 1.82) is 0 Å². The van der Waals surface area contributed by atoms with E-state index in [1.54, 1.807) is 4.90 Å². The Labute approximate surface area is 154 Å². The van der Waals surface area contributed by atoms with Crippen molar-refractivity contribution < 1.29 is 14.7 Å². The average Bonchev–Trinajstić information content (AvgIpc) is 3.07. The maximum Gasteiger partial charge on any atom is 0.322 e. The minimum Gasteiger partial charge on any atom is -0.395 e. The van der Waals surface area contributed by atoms with Crippen LogP contribution in [-0.2, 0) is 4.79 Å². The first-order valence-corrected chi connectivity index (χ1v) is 9.38. The quantitative estimate of drug-likeness (QED) is 0.745. The number of amides is 3. The number of hydrogen-bond donors (Lipinski definition) is 3. The van der Waals surface area contributed by atoms with Gasteiger partial charge in [0.25, 0.3) is 0 Å². The lowest BCUT2D eigenvalue weighted by Crippen LogP contribution is -2.58. The van der Waals surface area contributed by atoms with Gasteiger partial charge in [-0.2, -0.15) is 0 Å². The number of aliphatic hydroxyl groups excluding tert-OH is 1. The molecule has 0 unspecified atom stereocenters. The van der Waals surface area contributed by atoms with Crippen LogP contribution in [0.5, 0.6) is 0 Å². The Kier molecular flexibility index (Phi) is 5.78. The third kappa shape index (κ3) is 3.68. The molecule has 3 amide bonds. The summed E-state index contributed by atoms with van der Waals surface area (Å²) in [4.78, 5) is 29.6. The van der Waals surface area contributed by atoms with E-state index in [1.807, 2.05) is 38.1 Å². The van der Waals surface area contributed by atoms with Gasteiger partial charge < -0.3 is 15.7 Å². The van der Waals surface area contributed by atoms with Gasteiger partial charge in [-0.15, -0.1) is 0 Å². The predicted octanol–water partition coefficient (Wildman–Crippen LogP) is 1.64. The number of carbonyl (C=O) groups is 2. The molecule has 7 heteroatoms. The Morgan fingerprint density at radius 2 is 2.19 bits per heavy atom. The van der Waals surface area contributed by atoms with Gasteiger partial charge in [0.15, 0.2) is 0 Å². The van der Waals surface area contributed by atoms with E-state index in [9.17, 15) is 9.59 Å². The number of fused-ring (bicyclic) bond motifs is 1. The molecular weight excluding hydrogens is 332 g/mol. The third-order valence-corrected chi connectivity index (χ3v) is 5.39. The molecule has 1 aromatic carbocycles. The van der Waals surface area contributed by atoms with E-state index in [2.05, 4.69) is 15.5 Å². The fraction of sp³-hybridized carbons (Fsp3) is 0.579. The van der Waals surface area contributed by atoms with E-state index in [-0.39, 0.29) is 30.5 Å². The van der Waals surface area contributed by atoms with Gasteiger partial charge in [0.1, 0.15) is 6.04 Å².